The third-order valence-corrected chi connectivity index (χ3v) is 7.15. The fourth-order valence-electron chi connectivity index (χ4n) is 4.94. The number of aliphatic hydroxyl groups excluding tert-OH is 1. The second-order valence-corrected chi connectivity index (χ2v) is 9.89. The molecule has 0 amide bonds. The number of hydrogen-bond donors (Lipinski definition) is 3. The Bertz CT molecular complexity index is 1190. The smallest absolute Gasteiger partial charge is 0.229 e. The van der Waals surface area contributed by atoms with Crippen LogP contribution in [-0.2, 0) is 0 Å². The van der Waals surface area contributed by atoms with Gasteiger partial charge in [-0.3, -0.25) is 0 Å². The van der Waals surface area contributed by atoms with E-state index in [4.69, 9.17) is 4.98 Å². The minimum absolute atomic E-state index is 0.171. The maximum atomic E-state index is 9.92. The fourth-order valence-corrected chi connectivity index (χ4v) is 4.94. The van der Waals surface area contributed by atoms with Crippen LogP contribution in [0.4, 0.5) is 17.5 Å². The number of hydrogen-bond acceptors (Lipinski definition) is 7. The van der Waals surface area contributed by atoms with E-state index in [-0.39, 0.29) is 6.10 Å². The number of anilines is 3. The van der Waals surface area contributed by atoms with Gasteiger partial charge in [-0.2, -0.15) is 4.98 Å². The number of nitrogens with one attached hydrogen (secondary N) is 2. The van der Waals surface area contributed by atoms with Gasteiger partial charge in [-0.15, -0.1) is 0 Å². The Balaban J connectivity index is 1.31. The highest BCUT2D eigenvalue weighted by molar-refractivity contribution is 5.58. The van der Waals surface area contributed by atoms with Gasteiger partial charge in [0.15, 0.2) is 0 Å². The Hall–Kier alpha value is -3.47. The predicted molar refractivity (Wildman–Crippen MR) is 143 cm³/mol. The highest BCUT2D eigenvalue weighted by Gasteiger charge is 2.25. The first-order valence-electron chi connectivity index (χ1n) is 12.9. The van der Waals surface area contributed by atoms with E-state index in [1.165, 1.54) is 5.56 Å². The van der Waals surface area contributed by atoms with Gasteiger partial charge in [-0.05, 0) is 107 Å². The summed E-state index contributed by atoms with van der Waals surface area (Å²) in [6.07, 6.45) is 9.41. The van der Waals surface area contributed by atoms with Gasteiger partial charge in [0.05, 0.1) is 6.10 Å². The monoisotopic (exact) mass is 482 g/mol. The minimum atomic E-state index is -0.171. The van der Waals surface area contributed by atoms with Crippen LogP contribution in [0.25, 0.3) is 0 Å². The highest BCUT2D eigenvalue weighted by atomic mass is 16.3. The molecule has 0 atom stereocenters. The van der Waals surface area contributed by atoms with Gasteiger partial charge >= 0.3 is 0 Å². The molecule has 0 spiro atoms. The Labute approximate surface area is 213 Å². The molecule has 1 saturated heterocycles. The molecular formula is C29H34N6O. The minimum Gasteiger partial charge on any atom is -0.393 e. The summed E-state index contributed by atoms with van der Waals surface area (Å²) in [7, 11) is 2.18. The standard InChI is InChI=1S/C29H34N6O/c1-35-18-15-22(16-19-35)27-20-31-29(34-28(27)32-24-11-13-26(36)14-12-24)33-25-9-6-21(7-10-25)5-8-23-4-2-3-17-30-23/h2-4,6-7,9-10,17,20,22,24,26,36H,11-16,18-19H2,1H3,(H2,31,32,33,34). The molecule has 3 aromatic rings. The Morgan fingerprint density at radius 1 is 0.917 bits per heavy atom. The molecule has 36 heavy (non-hydrogen) atoms. The lowest BCUT2D eigenvalue weighted by molar-refractivity contribution is 0.126. The van der Waals surface area contributed by atoms with Crippen molar-refractivity contribution in [2.45, 2.75) is 56.6 Å². The molecule has 2 aromatic heterocycles. The Morgan fingerprint density at radius 2 is 1.69 bits per heavy atom. The number of piperidine rings is 1. The van der Waals surface area contributed by atoms with Gasteiger partial charge in [0.25, 0.3) is 0 Å². The molecule has 7 heteroatoms. The first-order valence-corrected chi connectivity index (χ1v) is 12.9. The molecule has 3 heterocycles. The highest BCUT2D eigenvalue weighted by Crippen LogP contribution is 2.33. The molecular weight excluding hydrogens is 448 g/mol. The Kier molecular flexibility index (Phi) is 7.75. The van der Waals surface area contributed by atoms with Crippen molar-refractivity contribution >= 4 is 17.5 Å². The van der Waals surface area contributed by atoms with Gasteiger partial charge < -0.3 is 20.6 Å². The molecule has 1 aromatic carbocycles. The number of nitrogens with zero attached hydrogens (tertiary/aromatic N) is 4. The first kappa shape index (κ1) is 24.2. The van der Waals surface area contributed by atoms with E-state index >= 15 is 0 Å². The zero-order valence-electron chi connectivity index (χ0n) is 20.8. The molecule has 186 valence electrons. The van der Waals surface area contributed by atoms with Gasteiger partial charge in [-0.1, -0.05) is 12.0 Å². The lowest BCUT2D eigenvalue weighted by atomic mass is 9.89. The van der Waals surface area contributed by atoms with Crippen molar-refractivity contribution < 1.29 is 5.11 Å². The molecule has 7 nitrogen and oxygen atoms in total. The van der Waals surface area contributed by atoms with Gasteiger partial charge in [0.1, 0.15) is 11.5 Å². The van der Waals surface area contributed by atoms with E-state index in [0.29, 0.717) is 17.9 Å². The predicted octanol–water partition coefficient (Wildman–Crippen LogP) is 4.54. The number of aliphatic hydroxyl groups is 1. The summed E-state index contributed by atoms with van der Waals surface area (Å²) in [6.45, 7) is 2.19. The molecule has 1 aliphatic carbocycles. The number of likely N-dealkylation sites (tertiary alicyclic amines) is 1. The van der Waals surface area contributed by atoms with Crippen LogP contribution in [0.3, 0.4) is 0 Å². The van der Waals surface area contributed by atoms with Gasteiger partial charge in [0.2, 0.25) is 5.95 Å². The average Bonchev–Trinajstić information content (AvgIpc) is 2.91. The van der Waals surface area contributed by atoms with Crippen molar-refractivity contribution in [1.82, 2.24) is 19.9 Å². The summed E-state index contributed by atoms with van der Waals surface area (Å²) in [5.74, 6) is 8.21. The zero-order valence-corrected chi connectivity index (χ0v) is 20.8. The Morgan fingerprint density at radius 3 is 2.42 bits per heavy atom. The van der Waals surface area contributed by atoms with Crippen molar-refractivity contribution in [2.24, 2.45) is 0 Å². The van der Waals surface area contributed by atoms with Gasteiger partial charge in [0, 0.05) is 35.2 Å². The molecule has 0 unspecified atom stereocenters. The molecule has 2 aliphatic rings. The molecule has 2 fully saturated rings. The molecule has 1 aliphatic heterocycles. The number of aromatic nitrogens is 3. The van der Waals surface area contributed by atoms with Gasteiger partial charge in [-0.25, -0.2) is 9.97 Å². The SMILES string of the molecule is CN1CCC(c2cnc(Nc3ccc(C#Cc4ccccn4)cc3)nc2NC2CCC(O)CC2)CC1. The summed E-state index contributed by atoms with van der Waals surface area (Å²) >= 11 is 0. The quantitative estimate of drug-likeness (QED) is 0.460. The summed E-state index contributed by atoms with van der Waals surface area (Å²) < 4.78 is 0. The van der Waals surface area contributed by atoms with Crippen LogP contribution in [-0.4, -0.2) is 57.2 Å². The number of rotatable bonds is 5. The van der Waals surface area contributed by atoms with Crippen molar-refractivity contribution in [1.29, 1.82) is 0 Å². The summed E-state index contributed by atoms with van der Waals surface area (Å²) in [5.41, 5.74) is 3.80. The van der Waals surface area contributed by atoms with Crippen LogP contribution in [0.5, 0.6) is 0 Å². The molecule has 5 rings (SSSR count). The third kappa shape index (κ3) is 6.39. The summed E-state index contributed by atoms with van der Waals surface area (Å²) in [4.78, 5) is 16.2. The van der Waals surface area contributed by atoms with E-state index in [1.54, 1.807) is 6.20 Å². The zero-order chi connectivity index (χ0) is 24.7. The van der Waals surface area contributed by atoms with Crippen LogP contribution < -0.4 is 10.6 Å². The average molecular weight is 483 g/mol. The van der Waals surface area contributed by atoms with E-state index in [9.17, 15) is 5.11 Å². The normalized spacial score (nSPS) is 20.8. The maximum Gasteiger partial charge on any atom is 0.229 e. The largest absolute Gasteiger partial charge is 0.393 e. The van der Waals surface area contributed by atoms with Crippen molar-refractivity contribution in [3.8, 4) is 11.8 Å². The lowest BCUT2D eigenvalue weighted by Crippen LogP contribution is -2.31. The van der Waals surface area contributed by atoms with Crippen molar-refractivity contribution in [3.63, 3.8) is 0 Å². The van der Waals surface area contributed by atoms with Crippen LogP contribution >= 0.6 is 0 Å². The summed E-state index contributed by atoms with van der Waals surface area (Å²) in [5, 5.41) is 17.0. The molecule has 1 saturated carbocycles. The van der Waals surface area contributed by atoms with E-state index in [0.717, 1.165) is 74.4 Å². The molecule has 0 bridgehead atoms. The fraction of sp³-hybridized carbons (Fsp3) is 0.414. The second kappa shape index (κ2) is 11.5. The van der Waals surface area contributed by atoms with E-state index < -0.39 is 0 Å². The first-order chi connectivity index (χ1) is 17.6. The topological polar surface area (TPSA) is 86.2 Å². The second-order valence-electron chi connectivity index (χ2n) is 9.89. The number of pyridine rings is 1. The lowest BCUT2D eigenvalue weighted by Gasteiger charge is -2.32. The van der Waals surface area contributed by atoms with Crippen LogP contribution in [0.15, 0.2) is 54.9 Å². The maximum absolute atomic E-state index is 9.92. The van der Waals surface area contributed by atoms with E-state index in [2.05, 4.69) is 44.4 Å². The van der Waals surface area contributed by atoms with Crippen LogP contribution in [0.2, 0.25) is 0 Å². The summed E-state index contributed by atoms with van der Waals surface area (Å²) in [6, 6.07) is 14.0. The van der Waals surface area contributed by atoms with Crippen LogP contribution in [0.1, 0.15) is 61.3 Å². The van der Waals surface area contributed by atoms with Crippen molar-refractivity contribution in [3.05, 3.63) is 71.7 Å². The molecule has 0 radical (unpaired) electrons. The van der Waals surface area contributed by atoms with Crippen LogP contribution in [0, 0.1) is 11.8 Å². The van der Waals surface area contributed by atoms with Crippen molar-refractivity contribution in [2.75, 3.05) is 30.8 Å². The van der Waals surface area contributed by atoms with E-state index in [1.807, 2.05) is 48.7 Å². The molecule has 3 N–H and O–H groups in total. The number of benzene rings is 1. The third-order valence-electron chi connectivity index (χ3n) is 7.15.